The number of hydrogen-bond acceptors (Lipinski definition) is 3. The van der Waals surface area contributed by atoms with E-state index in [0.29, 0.717) is 0 Å². The van der Waals surface area contributed by atoms with Gasteiger partial charge in [-0.1, -0.05) is 13.8 Å². The van der Waals surface area contributed by atoms with Gasteiger partial charge in [0.15, 0.2) is 0 Å². The van der Waals surface area contributed by atoms with Gasteiger partial charge in [-0.15, -0.1) is 0 Å². The number of nitrogens with one attached hydrogen (secondary N) is 1. The fourth-order valence-corrected chi connectivity index (χ4v) is 2.41. The van der Waals surface area contributed by atoms with Crippen molar-refractivity contribution in [2.24, 2.45) is 0 Å². The first-order valence-electron chi connectivity index (χ1n) is 7.05. The Kier molecular flexibility index (Phi) is 5.94. The van der Waals surface area contributed by atoms with Crippen molar-refractivity contribution in [1.82, 2.24) is 10.2 Å². The Balaban J connectivity index is 2.15. The summed E-state index contributed by atoms with van der Waals surface area (Å²) in [6, 6.07) is 3.26. The van der Waals surface area contributed by atoms with Gasteiger partial charge in [-0.2, -0.15) is 5.26 Å². The molecular formula is C14H27N3. The first-order valence-corrected chi connectivity index (χ1v) is 7.05. The zero-order valence-corrected chi connectivity index (χ0v) is 11.6. The zero-order chi connectivity index (χ0) is 12.7. The topological polar surface area (TPSA) is 39.1 Å². The minimum atomic E-state index is -0.328. The van der Waals surface area contributed by atoms with E-state index in [2.05, 4.69) is 30.1 Å². The van der Waals surface area contributed by atoms with E-state index < -0.39 is 0 Å². The van der Waals surface area contributed by atoms with E-state index >= 15 is 0 Å². The van der Waals surface area contributed by atoms with E-state index in [1.807, 2.05) is 6.92 Å². The average Bonchev–Trinajstić information content (AvgIpc) is 3.14. The molecule has 0 bridgehead atoms. The van der Waals surface area contributed by atoms with Crippen LogP contribution in [-0.4, -0.2) is 36.1 Å². The van der Waals surface area contributed by atoms with E-state index in [-0.39, 0.29) is 5.54 Å². The van der Waals surface area contributed by atoms with Crippen LogP contribution in [-0.2, 0) is 0 Å². The zero-order valence-electron chi connectivity index (χ0n) is 11.6. The lowest BCUT2D eigenvalue weighted by Crippen LogP contribution is -2.40. The largest absolute Gasteiger partial charge is 0.301 e. The quantitative estimate of drug-likeness (QED) is 0.626. The second kappa shape index (κ2) is 6.98. The maximum absolute atomic E-state index is 9.15. The van der Waals surface area contributed by atoms with Gasteiger partial charge in [0.05, 0.1) is 6.07 Å². The van der Waals surface area contributed by atoms with Crippen LogP contribution in [0.25, 0.3) is 0 Å². The molecule has 1 rings (SSSR count). The number of nitrogens with zero attached hydrogens (tertiary/aromatic N) is 2. The van der Waals surface area contributed by atoms with Crippen molar-refractivity contribution in [1.29, 1.82) is 5.26 Å². The smallest absolute Gasteiger partial charge is 0.103 e. The van der Waals surface area contributed by atoms with Crippen molar-refractivity contribution in [2.45, 2.75) is 64.5 Å². The van der Waals surface area contributed by atoms with E-state index in [1.54, 1.807) is 0 Å². The summed E-state index contributed by atoms with van der Waals surface area (Å²) in [5.41, 5.74) is -0.328. The van der Waals surface area contributed by atoms with Gasteiger partial charge in [0.25, 0.3) is 0 Å². The molecule has 0 aromatic heterocycles. The summed E-state index contributed by atoms with van der Waals surface area (Å²) in [5.74, 6) is 0. The Hall–Kier alpha value is -0.590. The average molecular weight is 237 g/mol. The Morgan fingerprint density at radius 2 is 2.06 bits per heavy atom. The van der Waals surface area contributed by atoms with Gasteiger partial charge in [-0.3, -0.25) is 5.32 Å². The lowest BCUT2D eigenvalue weighted by Gasteiger charge is -2.24. The molecule has 3 heteroatoms. The molecule has 0 aromatic carbocycles. The molecule has 0 radical (unpaired) electrons. The molecule has 3 nitrogen and oxygen atoms in total. The second-order valence-corrected chi connectivity index (χ2v) is 5.29. The molecule has 1 aliphatic carbocycles. The molecule has 1 aliphatic rings. The van der Waals surface area contributed by atoms with Crippen LogP contribution in [0.15, 0.2) is 0 Å². The van der Waals surface area contributed by atoms with Gasteiger partial charge in [0.1, 0.15) is 5.54 Å². The van der Waals surface area contributed by atoms with E-state index in [1.165, 1.54) is 32.4 Å². The highest BCUT2D eigenvalue weighted by Crippen LogP contribution is 2.26. The Morgan fingerprint density at radius 3 is 2.53 bits per heavy atom. The fraction of sp³-hybridized carbons (Fsp3) is 0.929. The maximum Gasteiger partial charge on any atom is 0.103 e. The highest BCUT2D eigenvalue weighted by molar-refractivity contribution is 5.03. The highest BCUT2D eigenvalue weighted by atomic mass is 15.2. The van der Waals surface area contributed by atoms with E-state index in [9.17, 15) is 0 Å². The first-order chi connectivity index (χ1) is 8.15. The molecule has 1 N–H and O–H groups in total. The fourth-order valence-electron chi connectivity index (χ4n) is 2.41. The van der Waals surface area contributed by atoms with Gasteiger partial charge in [-0.25, -0.2) is 0 Å². The predicted molar refractivity (Wildman–Crippen MR) is 71.8 cm³/mol. The number of rotatable bonds is 9. The third kappa shape index (κ3) is 5.06. The van der Waals surface area contributed by atoms with Crippen LogP contribution in [0.4, 0.5) is 0 Å². The summed E-state index contributed by atoms with van der Waals surface area (Å²) < 4.78 is 0. The van der Waals surface area contributed by atoms with Crippen LogP contribution in [0, 0.1) is 11.3 Å². The van der Waals surface area contributed by atoms with E-state index in [0.717, 1.165) is 25.4 Å². The monoisotopic (exact) mass is 237 g/mol. The van der Waals surface area contributed by atoms with Crippen LogP contribution >= 0.6 is 0 Å². The van der Waals surface area contributed by atoms with Crippen LogP contribution in [0.1, 0.15) is 52.9 Å². The van der Waals surface area contributed by atoms with Crippen LogP contribution in [0.5, 0.6) is 0 Å². The van der Waals surface area contributed by atoms with Crippen LogP contribution in [0.3, 0.4) is 0 Å². The van der Waals surface area contributed by atoms with Crippen LogP contribution < -0.4 is 5.32 Å². The summed E-state index contributed by atoms with van der Waals surface area (Å²) in [6.45, 7) is 9.56. The molecule has 0 heterocycles. The van der Waals surface area contributed by atoms with Gasteiger partial charge >= 0.3 is 0 Å². The van der Waals surface area contributed by atoms with Crippen molar-refractivity contribution < 1.29 is 0 Å². The minimum absolute atomic E-state index is 0.328. The molecule has 0 aromatic rings. The Labute approximate surface area is 106 Å². The molecule has 1 fully saturated rings. The van der Waals surface area contributed by atoms with Crippen molar-refractivity contribution in [2.75, 3.05) is 19.6 Å². The molecule has 98 valence electrons. The maximum atomic E-state index is 9.15. The summed E-state index contributed by atoms with van der Waals surface area (Å²) in [4.78, 5) is 2.58. The standard InChI is InChI=1S/C14H27N3/c1-4-16-14(3,12-15)10-6-7-11-17(5-2)13-8-9-13/h13,16H,4-11H2,1-3H3. The summed E-state index contributed by atoms with van der Waals surface area (Å²) in [5, 5.41) is 12.4. The molecular weight excluding hydrogens is 210 g/mol. The summed E-state index contributed by atoms with van der Waals surface area (Å²) >= 11 is 0. The number of unbranched alkanes of at least 4 members (excludes halogenated alkanes) is 1. The van der Waals surface area contributed by atoms with Crippen molar-refractivity contribution in [3.05, 3.63) is 0 Å². The Bertz CT molecular complexity index is 255. The molecule has 17 heavy (non-hydrogen) atoms. The third-order valence-electron chi connectivity index (χ3n) is 3.66. The molecule has 1 unspecified atom stereocenters. The molecule has 0 aliphatic heterocycles. The SMILES string of the molecule is CCNC(C)(C#N)CCCCN(CC)C1CC1. The molecule has 0 saturated heterocycles. The number of nitriles is 1. The van der Waals surface area contributed by atoms with Crippen molar-refractivity contribution in [3.63, 3.8) is 0 Å². The second-order valence-electron chi connectivity index (χ2n) is 5.29. The summed E-state index contributed by atoms with van der Waals surface area (Å²) in [6.07, 6.45) is 6.09. The molecule has 0 amide bonds. The van der Waals surface area contributed by atoms with E-state index in [4.69, 9.17) is 5.26 Å². The van der Waals surface area contributed by atoms with Gasteiger partial charge < -0.3 is 4.90 Å². The Morgan fingerprint density at radius 1 is 1.35 bits per heavy atom. The predicted octanol–water partition coefficient (Wildman–Crippen LogP) is 2.53. The highest BCUT2D eigenvalue weighted by Gasteiger charge is 2.27. The first kappa shape index (κ1) is 14.5. The lowest BCUT2D eigenvalue weighted by molar-refractivity contribution is 0.266. The normalized spacial score (nSPS) is 19.0. The number of hydrogen-bond donors (Lipinski definition) is 1. The van der Waals surface area contributed by atoms with Crippen molar-refractivity contribution in [3.8, 4) is 6.07 Å². The summed E-state index contributed by atoms with van der Waals surface area (Å²) in [7, 11) is 0. The lowest BCUT2D eigenvalue weighted by atomic mass is 9.96. The molecule has 1 atom stereocenters. The molecule has 0 spiro atoms. The van der Waals surface area contributed by atoms with Crippen molar-refractivity contribution >= 4 is 0 Å². The minimum Gasteiger partial charge on any atom is -0.301 e. The van der Waals surface area contributed by atoms with Gasteiger partial charge in [0.2, 0.25) is 0 Å². The third-order valence-corrected chi connectivity index (χ3v) is 3.66. The van der Waals surface area contributed by atoms with Crippen LogP contribution in [0.2, 0.25) is 0 Å². The molecule has 1 saturated carbocycles. The van der Waals surface area contributed by atoms with Gasteiger partial charge in [-0.05, 0) is 58.7 Å². The van der Waals surface area contributed by atoms with Gasteiger partial charge in [0, 0.05) is 6.04 Å².